The number of amides is 1. The van der Waals surface area contributed by atoms with Crippen molar-refractivity contribution in [3.8, 4) is 0 Å². The monoisotopic (exact) mass is 261 g/mol. The van der Waals surface area contributed by atoms with Crippen LogP contribution in [-0.4, -0.2) is 25.9 Å². The normalized spacial score (nSPS) is 10.2. The summed E-state index contributed by atoms with van der Waals surface area (Å²) in [5, 5.41) is 18.1. The molecule has 1 amide bonds. The summed E-state index contributed by atoms with van der Waals surface area (Å²) in [6.45, 7) is 3.54. The number of hydrogen-bond donors (Lipinski definition) is 1. The number of carbonyl (C=O) groups is 1. The van der Waals surface area contributed by atoms with Crippen molar-refractivity contribution in [1.29, 1.82) is 0 Å². The Balaban J connectivity index is 2.16. The van der Waals surface area contributed by atoms with E-state index in [1.165, 1.54) is 29.1 Å². The third-order valence-electron chi connectivity index (χ3n) is 2.67. The highest BCUT2D eigenvalue weighted by molar-refractivity contribution is 6.00. The number of nitro benzene ring substituents is 1. The van der Waals surface area contributed by atoms with E-state index >= 15 is 0 Å². The average Bonchev–Trinajstić information content (AvgIpc) is 2.71. The Labute approximate surface area is 108 Å². The van der Waals surface area contributed by atoms with Gasteiger partial charge in [0.1, 0.15) is 0 Å². The molecule has 0 radical (unpaired) electrons. The first kappa shape index (κ1) is 12.7. The Morgan fingerprint density at radius 2 is 1.95 bits per heavy atom. The second-order valence-corrected chi connectivity index (χ2v) is 3.92. The Morgan fingerprint density at radius 3 is 2.42 bits per heavy atom. The molecular formula is C11H11N5O3. The molecular weight excluding hydrogens is 250 g/mol. The molecule has 1 N–H and O–H groups in total. The van der Waals surface area contributed by atoms with E-state index in [1.54, 1.807) is 13.8 Å². The molecule has 0 aliphatic carbocycles. The molecule has 1 aromatic carbocycles. The topological polar surface area (TPSA) is 103 Å². The number of nitro groups is 1. The van der Waals surface area contributed by atoms with Gasteiger partial charge >= 0.3 is 0 Å². The number of carbonyl (C=O) groups excluding carboxylic acids is 1. The van der Waals surface area contributed by atoms with Gasteiger partial charge in [-0.2, -0.15) is 4.79 Å². The van der Waals surface area contributed by atoms with Crippen LogP contribution in [0.25, 0.3) is 0 Å². The van der Waals surface area contributed by atoms with Crippen molar-refractivity contribution in [3.63, 3.8) is 0 Å². The number of aromatic nitrogens is 3. The van der Waals surface area contributed by atoms with Gasteiger partial charge in [-0.15, -0.1) is 5.10 Å². The van der Waals surface area contributed by atoms with Crippen LogP contribution in [0.5, 0.6) is 0 Å². The van der Waals surface area contributed by atoms with Crippen LogP contribution < -0.4 is 5.43 Å². The maximum absolute atomic E-state index is 11.9. The van der Waals surface area contributed by atoms with Gasteiger partial charge in [-0.05, 0) is 31.2 Å². The highest BCUT2D eigenvalue weighted by Gasteiger charge is 2.11. The van der Waals surface area contributed by atoms with Gasteiger partial charge in [0.05, 0.1) is 16.3 Å². The van der Waals surface area contributed by atoms with E-state index in [4.69, 9.17) is 0 Å². The van der Waals surface area contributed by atoms with E-state index in [2.05, 4.69) is 15.7 Å². The van der Waals surface area contributed by atoms with Crippen molar-refractivity contribution in [2.45, 2.75) is 13.8 Å². The first-order valence-electron chi connectivity index (χ1n) is 5.44. The minimum absolute atomic E-state index is 0.0654. The smallest absolute Gasteiger partial charge is 0.267 e. The van der Waals surface area contributed by atoms with Crippen LogP contribution >= 0.6 is 0 Å². The Bertz CT molecular complexity index is 632. The maximum Gasteiger partial charge on any atom is 0.271 e. The molecule has 0 bridgehead atoms. The highest BCUT2D eigenvalue weighted by atomic mass is 16.6. The summed E-state index contributed by atoms with van der Waals surface area (Å²) in [6, 6.07) is 5.31. The largest absolute Gasteiger partial charge is 0.271 e. The summed E-state index contributed by atoms with van der Waals surface area (Å²) in [6.07, 6.45) is 0. The predicted molar refractivity (Wildman–Crippen MR) is 66.3 cm³/mol. The van der Waals surface area contributed by atoms with Crippen molar-refractivity contribution in [2.75, 3.05) is 5.43 Å². The number of rotatable bonds is 3. The van der Waals surface area contributed by atoms with Crippen LogP contribution in [0.2, 0.25) is 0 Å². The quantitative estimate of drug-likeness (QED) is 0.660. The fraction of sp³-hybridized carbons (Fsp3) is 0.182. The second-order valence-electron chi connectivity index (χ2n) is 3.92. The second kappa shape index (κ2) is 4.84. The first-order valence-corrected chi connectivity index (χ1v) is 5.44. The highest BCUT2D eigenvalue weighted by Crippen LogP contribution is 2.12. The van der Waals surface area contributed by atoms with Crippen molar-refractivity contribution >= 4 is 11.6 Å². The van der Waals surface area contributed by atoms with Crippen molar-refractivity contribution in [1.82, 2.24) is 15.1 Å². The molecule has 8 nitrogen and oxygen atoms in total. The van der Waals surface area contributed by atoms with E-state index in [1.807, 2.05) is 0 Å². The van der Waals surface area contributed by atoms with Crippen LogP contribution in [0.1, 0.15) is 21.7 Å². The molecule has 0 aliphatic rings. The molecule has 19 heavy (non-hydrogen) atoms. The van der Waals surface area contributed by atoms with E-state index < -0.39 is 10.8 Å². The molecule has 1 heterocycles. The van der Waals surface area contributed by atoms with E-state index in [-0.39, 0.29) is 5.69 Å². The van der Waals surface area contributed by atoms with Gasteiger partial charge in [-0.25, -0.2) is 5.43 Å². The molecule has 98 valence electrons. The number of benzene rings is 1. The van der Waals surface area contributed by atoms with Crippen LogP contribution in [0, 0.1) is 24.0 Å². The van der Waals surface area contributed by atoms with Crippen molar-refractivity contribution < 1.29 is 9.72 Å². The molecule has 0 spiro atoms. The van der Waals surface area contributed by atoms with Crippen LogP contribution in [0.3, 0.4) is 0 Å². The molecule has 0 unspecified atom stereocenters. The van der Waals surface area contributed by atoms with E-state index in [0.717, 1.165) is 5.69 Å². The Morgan fingerprint density at radius 1 is 1.32 bits per heavy atom. The van der Waals surface area contributed by atoms with Gasteiger partial charge in [0.25, 0.3) is 11.6 Å². The summed E-state index contributed by atoms with van der Waals surface area (Å²) in [4.78, 5) is 23.1. The maximum atomic E-state index is 11.9. The fourth-order valence-electron chi connectivity index (χ4n) is 1.41. The number of nitrogens with zero attached hydrogens (tertiary/aromatic N) is 4. The standard InChI is InChI=1S/C11H11N5O3/c1-7-8(2)15(14-12-7)13-11(17)9-3-5-10(6-4-9)16(18)19/h3-6H,1-2H3,(H,13,17). The zero-order valence-corrected chi connectivity index (χ0v) is 10.3. The van der Waals surface area contributed by atoms with Crippen LogP contribution in [0.4, 0.5) is 5.69 Å². The number of hydrogen-bond acceptors (Lipinski definition) is 5. The molecule has 0 aliphatic heterocycles. The summed E-state index contributed by atoms with van der Waals surface area (Å²) >= 11 is 0. The zero-order chi connectivity index (χ0) is 14.0. The summed E-state index contributed by atoms with van der Waals surface area (Å²) in [7, 11) is 0. The fourth-order valence-corrected chi connectivity index (χ4v) is 1.41. The molecule has 2 aromatic rings. The van der Waals surface area contributed by atoms with E-state index in [0.29, 0.717) is 11.3 Å². The lowest BCUT2D eigenvalue weighted by atomic mass is 10.2. The lowest BCUT2D eigenvalue weighted by Gasteiger charge is -2.05. The van der Waals surface area contributed by atoms with Gasteiger partial charge in [0, 0.05) is 17.7 Å². The first-order chi connectivity index (χ1) is 8.99. The minimum atomic E-state index is -0.521. The van der Waals surface area contributed by atoms with Crippen LogP contribution in [-0.2, 0) is 0 Å². The van der Waals surface area contributed by atoms with Gasteiger partial charge < -0.3 is 0 Å². The summed E-state index contributed by atoms with van der Waals surface area (Å²) in [5.41, 5.74) is 4.20. The summed E-state index contributed by atoms with van der Waals surface area (Å²) in [5.74, 6) is -0.414. The minimum Gasteiger partial charge on any atom is -0.267 e. The van der Waals surface area contributed by atoms with Gasteiger partial charge in [-0.1, -0.05) is 0 Å². The average molecular weight is 261 g/mol. The van der Waals surface area contributed by atoms with Crippen molar-refractivity contribution in [2.24, 2.45) is 0 Å². The van der Waals surface area contributed by atoms with Gasteiger partial charge in [0.15, 0.2) is 0 Å². The number of non-ortho nitro benzene ring substituents is 1. The van der Waals surface area contributed by atoms with Gasteiger partial charge in [0.2, 0.25) is 0 Å². The molecule has 1 aromatic heterocycles. The number of aryl methyl sites for hydroxylation is 1. The van der Waals surface area contributed by atoms with Crippen LogP contribution in [0.15, 0.2) is 24.3 Å². The third kappa shape index (κ3) is 2.57. The van der Waals surface area contributed by atoms with E-state index in [9.17, 15) is 14.9 Å². The zero-order valence-electron chi connectivity index (χ0n) is 10.3. The Hall–Kier alpha value is -2.77. The predicted octanol–water partition coefficient (Wildman–Crippen LogP) is 1.19. The molecule has 8 heteroatoms. The SMILES string of the molecule is Cc1nnn(NC(=O)c2ccc([N+](=O)[O-])cc2)c1C. The van der Waals surface area contributed by atoms with Crippen molar-refractivity contribution in [3.05, 3.63) is 51.3 Å². The molecule has 2 rings (SSSR count). The molecule has 0 atom stereocenters. The molecule has 0 saturated heterocycles. The van der Waals surface area contributed by atoms with Gasteiger partial charge in [-0.3, -0.25) is 14.9 Å². The lowest BCUT2D eigenvalue weighted by molar-refractivity contribution is -0.384. The number of nitrogens with one attached hydrogen (secondary N) is 1. The Kier molecular flexibility index (Phi) is 3.23. The lowest BCUT2D eigenvalue weighted by Crippen LogP contribution is -2.25. The summed E-state index contributed by atoms with van der Waals surface area (Å²) < 4.78 is 0. The molecule has 0 fully saturated rings. The third-order valence-corrected chi connectivity index (χ3v) is 2.67. The molecule has 0 saturated carbocycles.